The maximum absolute atomic E-state index is 11.2. The van der Waals surface area contributed by atoms with Gasteiger partial charge >= 0.3 is 0 Å². The summed E-state index contributed by atoms with van der Waals surface area (Å²) in [6.07, 6.45) is 0. The lowest BCUT2D eigenvalue weighted by Gasteiger charge is -2.10. The molecule has 0 amide bonds. The first kappa shape index (κ1) is 12.5. The Kier molecular flexibility index (Phi) is 4.61. The van der Waals surface area contributed by atoms with Crippen molar-refractivity contribution in [1.29, 1.82) is 0 Å². The zero-order valence-electron chi connectivity index (χ0n) is 8.59. The highest BCUT2D eigenvalue weighted by molar-refractivity contribution is 9.09. The fraction of sp³-hybridized carbons (Fsp3) is 0.364. The lowest BCUT2D eigenvalue weighted by molar-refractivity contribution is -0.116. The van der Waals surface area contributed by atoms with Gasteiger partial charge in [0, 0.05) is 5.02 Å². The van der Waals surface area contributed by atoms with Gasteiger partial charge in [-0.2, -0.15) is 0 Å². The molecule has 0 bridgehead atoms. The molecule has 1 rings (SSSR count). The monoisotopic (exact) mass is 290 g/mol. The van der Waals surface area contributed by atoms with Crippen LogP contribution in [0.2, 0.25) is 5.02 Å². The highest BCUT2D eigenvalue weighted by Gasteiger charge is 2.14. The third-order valence-electron chi connectivity index (χ3n) is 1.85. The van der Waals surface area contributed by atoms with Gasteiger partial charge in [0.15, 0.2) is 0 Å². The molecule has 4 heteroatoms. The van der Waals surface area contributed by atoms with Crippen molar-refractivity contribution < 1.29 is 9.53 Å². The zero-order chi connectivity index (χ0) is 11.4. The van der Waals surface area contributed by atoms with Crippen molar-refractivity contribution in [2.24, 2.45) is 0 Å². The molecule has 0 N–H and O–H groups in total. The summed E-state index contributed by atoms with van der Waals surface area (Å²) in [5.41, 5.74) is 0.818. The standard InChI is InChI=1S/C11H12BrClO2/c1-3-15-10-5-8(4-9(13)6-10)11(12)7(2)14/h4-6,11H,3H2,1-2H3. The topological polar surface area (TPSA) is 26.3 Å². The first-order valence-electron chi connectivity index (χ1n) is 4.62. The molecule has 0 aromatic heterocycles. The summed E-state index contributed by atoms with van der Waals surface area (Å²) < 4.78 is 5.34. The maximum atomic E-state index is 11.2. The number of benzene rings is 1. The number of rotatable bonds is 4. The van der Waals surface area contributed by atoms with Crippen molar-refractivity contribution >= 4 is 33.3 Å². The predicted octanol–water partition coefficient (Wildman–Crippen LogP) is 3.76. The van der Waals surface area contributed by atoms with Crippen LogP contribution in [0.15, 0.2) is 18.2 Å². The molecule has 0 saturated heterocycles. The summed E-state index contributed by atoms with van der Waals surface area (Å²) in [6.45, 7) is 4.00. The van der Waals surface area contributed by atoms with Crippen LogP contribution in [0.3, 0.4) is 0 Å². The highest BCUT2D eigenvalue weighted by atomic mass is 79.9. The third-order valence-corrected chi connectivity index (χ3v) is 3.25. The van der Waals surface area contributed by atoms with Crippen molar-refractivity contribution in [2.45, 2.75) is 18.7 Å². The Balaban J connectivity index is 3.02. The molecule has 2 nitrogen and oxygen atoms in total. The first-order chi connectivity index (χ1) is 7.04. The van der Waals surface area contributed by atoms with Crippen molar-refractivity contribution in [3.63, 3.8) is 0 Å². The normalized spacial score (nSPS) is 12.3. The van der Waals surface area contributed by atoms with Gasteiger partial charge in [-0.05, 0) is 37.6 Å². The van der Waals surface area contributed by atoms with Gasteiger partial charge in [-0.1, -0.05) is 27.5 Å². The van der Waals surface area contributed by atoms with Gasteiger partial charge in [0.05, 0.1) is 11.4 Å². The van der Waals surface area contributed by atoms with E-state index in [2.05, 4.69) is 15.9 Å². The van der Waals surface area contributed by atoms with Crippen LogP contribution in [-0.4, -0.2) is 12.4 Å². The number of hydrogen-bond acceptors (Lipinski definition) is 2. The lowest BCUT2D eigenvalue weighted by atomic mass is 10.1. The van der Waals surface area contributed by atoms with Crippen LogP contribution in [0.5, 0.6) is 5.75 Å². The van der Waals surface area contributed by atoms with E-state index in [1.54, 1.807) is 12.1 Å². The molecule has 0 aliphatic carbocycles. The van der Waals surface area contributed by atoms with Crippen LogP contribution in [0, 0.1) is 0 Å². The number of hydrogen-bond donors (Lipinski definition) is 0. The molecule has 1 aromatic rings. The Morgan fingerprint density at radius 3 is 2.73 bits per heavy atom. The molecule has 0 aliphatic rings. The Bertz CT molecular complexity index is 366. The minimum atomic E-state index is -0.324. The first-order valence-corrected chi connectivity index (χ1v) is 5.91. The van der Waals surface area contributed by atoms with Crippen LogP contribution >= 0.6 is 27.5 Å². The molecule has 1 aromatic carbocycles. The van der Waals surface area contributed by atoms with Crippen molar-refractivity contribution in [2.75, 3.05) is 6.61 Å². The quantitative estimate of drug-likeness (QED) is 0.790. The van der Waals surface area contributed by atoms with E-state index in [1.807, 2.05) is 13.0 Å². The number of carbonyl (C=O) groups is 1. The van der Waals surface area contributed by atoms with E-state index >= 15 is 0 Å². The van der Waals surface area contributed by atoms with Gasteiger partial charge in [-0.25, -0.2) is 0 Å². The molecule has 1 unspecified atom stereocenters. The summed E-state index contributed by atoms with van der Waals surface area (Å²) in [7, 11) is 0. The number of carbonyl (C=O) groups excluding carboxylic acids is 1. The van der Waals surface area contributed by atoms with Gasteiger partial charge in [0.2, 0.25) is 0 Å². The second kappa shape index (κ2) is 5.52. The summed E-state index contributed by atoms with van der Waals surface area (Å²) in [6, 6.07) is 5.30. The Hall–Kier alpha value is -0.540. The van der Waals surface area contributed by atoms with Crippen LogP contribution in [0.4, 0.5) is 0 Å². The molecule has 0 radical (unpaired) electrons. The van der Waals surface area contributed by atoms with E-state index in [-0.39, 0.29) is 10.6 Å². The van der Waals surface area contributed by atoms with Gasteiger partial charge < -0.3 is 4.74 Å². The minimum Gasteiger partial charge on any atom is -0.494 e. The Morgan fingerprint density at radius 2 is 2.20 bits per heavy atom. The lowest BCUT2D eigenvalue weighted by Crippen LogP contribution is -2.02. The van der Waals surface area contributed by atoms with Gasteiger partial charge in [-0.15, -0.1) is 0 Å². The zero-order valence-corrected chi connectivity index (χ0v) is 10.9. The van der Waals surface area contributed by atoms with Crippen LogP contribution < -0.4 is 4.74 Å². The van der Waals surface area contributed by atoms with E-state index in [4.69, 9.17) is 16.3 Å². The fourth-order valence-electron chi connectivity index (χ4n) is 1.22. The SMILES string of the molecule is CCOc1cc(Cl)cc(C(Br)C(C)=O)c1. The summed E-state index contributed by atoms with van der Waals surface area (Å²) >= 11 is 9.23. The average molecular weight is 292 g/mol. The molecule has 15 heavy (non-hydrogen) atoms. The van der Waals surface area contributed by atoms with Crippen LogP contribution in [0.25, 0.3) is 0 Å². The predicted molar refractivity (Wildman–Crippen MR) is 65.0 cm³/mol. The molecule has 0 aliphatic heterocycles. The largest absolute Gasteiger partial charge is 0.494 e. The van der Waals surface area contributed by atoms with Crippen molar-refractivity contribution in [1.82, 2.24) is 0 Å². The molecule has 82 valence electrons. The van der Waals surface area contributed by atoms with Gasteiger partial charge in [-0.3, -0.25) is 4.79 Å². The average Bonchev–Trinajstić information content (AvgIpc) is 2.16. The summed E-state index contributed by atoms with van der Waals surface area (Å²) in [5.74, 6) is 0.727. The number of Topliss-reactive ketones (excluding diaryl/α,β-unsaturated/α-hetero) is 1. The molecular weight excluding hydrogens is 279 g/mol. The van der Waals surface area contributed by atoms with E-state index in [1.165, 1.54) is 6.92 Å². The Morgan fingerprint density at radius 1 is 1.53 bits per heavy atom. The molecule has 0 fully saturated rings. The second-order valence-corrected chi connectivity index (χ2v) is 4.48. The second-order valence-electron chi connectivity index (χ2n) is 3.13. The smallest absolute Gasteiger partial charge is 0.147 e. The molecule has 0 saturated carbocycles. The van der Waals surface area contributed by atoms with Crippen molar-refractivity contribution in [3.05, 3.63) is 28.8 Å². The minimum absolute atomic E-state index is 0.0414. The Labute approximate surface area is 103 Å². The maximum Gasteiger partial charge on any atom is 0.147 e. The van der Waals surface area contributed by atoms with Crippen LogP contribution in [-0.2, 0) is 4.79 Å². The van der Waals surface area contributed by atoms with E-state index in [0.29, 0.717) is 17.4 Å². The number of alkyl halides is 1. The van der Waals surface area contributed by atoms with Gasteiger partial charge in [0.25, 0.3) is 0 Å². The summed E-state index contributed by atoms with van der Waals surface area (Å²) in [5, 5.41) is 0.571. The fourth-order valence-corrected chi connectivity index (χ4v) is 1.71. The van der Waals surface area contributed by atoms with E-state index in [9.17, 15) is 4.79 Å². The molecular formula is C11H12BrClO2. The molecule has 0 heterocycles. The third kappa shape index (κ3) is 3.50. The highest BCUT2D eigenvalue weighted by Crippen LogP contribution is 2.30. The summed E-state index contributed by atoms with van der Waals surface area (Å²) in [4.78, 5) is 10.9. The number of ether oxygens (including phenoxy) is 1. The van der Waals surface area contributed by atoms with E-state index in [0.717, 1.165) is 5.56 Å². The molecule has 1 atom stereocenters. The number of ketones is 1. The number of halogens is 2. The molecule has 0 spiro atoms. The van der Waals surface area contributed by atoms with Crippen molar-refractivity contribution in [3.8, 4) is 5.75 Å². The van der Waals surface area contributed by atoms with Gasteiger partial charge in [0.1, 0.15) is 11.5 Å². The van der Waals surface area contributed by atoms with Crippen LogP contribution in [0.1, 0.15) is 24.2 Å². The van der Waals surface area contributed by atoms with E-state index < -0.39 is 0 Å².